The predicted octanol–water partition coefficient (Wildman–Crippen LogP) is 3.12. The van der Waals surface area contributed by atoms with E-state index in [4.69, 9.17) is 22.2 Å². The second-order valence-corrected chi connectivity index (χ2v) is 6.04. The molecule has 3 N–H and O–H groups in total. The smallest absolute Gasteiger partial charge is 0.212 e. The Labute approximate surface area is 137 Å². The van der Waals surface area contributed by atoms with Crippen molar-refractivity contribution in [1.82, 2.24) is 10.4 Å². The Bertz CT molecular complexity index is 592. The minimum atomic E-state index is 0.0823. The van der Waals surface area contributed by atoms with Gasteiger partial charge in [-0.1, -0.05) is 39.7 Å². The quantitative estimate of drug-likeness (QED) is 0.606. The normalized spacial score (nSPS) is 12.2. The van der Waals surface area contributed by atoms with Gasteiger partial charge >= 0.3 is 0 Å². The Morgan fingerprint density at radius 1 is 1.33 bits per heavy atom. The van der Waals surface area contributed by atoms with Crippen molar-refractivity contribution in [3.05, 3.63) is 57.2 Å². The molecule has 1 unspecified atom stereocenters. The van der Waals surface area contributed by atoms with Crippen molar-refractivity contribution in [2.45, 2.75) is 18.9 Å². The highest BCUT2D eigenvalue weighted by Crippen LogP contribution is 2.23. The molecule has 1 atom stereocenters. The number of nitrogens with two attached hydrogens (primary N) is 1. The third-order valence-electron chi connectivity index (χ3n) is 3.21. The number of pyridine rings is 1. The molecule has 0 spiro atoms. The second kappa shape index (κ2) is 7.75. The molecule has 0 saturated carbocycles. The second-order valence-electron chi connectivity index (χ2n) is 4.72. The van der Waals surface area contributed by atoms with Crippen LogP contribution in [0.25, 0.3) is 0 Å². The average molecular weight is 371 g/mol. The van der Waals surface area contributed by atoms with Gasteiger partial charge in [0.1, 0.15) is 0 Å². The fraction of sp³-hybridized carbons (Fsp3) is 0.267. The van der Waals surface area contributed by atoms with Gasteiger partial charge in [-0.15, -0.1) is 0 Å². The zero-order chi connectivity index (χ0) is 15.2. The molecule has 2 aromatic rings. The Balaban J connectivity index is 2.05. The number of rotatable bonds is 6. The molecule has 0 aliphatic heterocycles. The molecular weight excluding hydrogens is 354 g/mol. The van der Waals surface area contributed by atoms with E-state index in [0.717, 1.165) is 33.5 Å². The number of hydrazine groups is 1. The Kier molecular flexibility index (Phi) is 5.99. The summed E-state index contributed by atoms with van der Waals surface area (Å²) in [7, 11) is 1.60. The lowest BCUT2D eigenvalue weighted by molar-refractivity contribution is 0.397. The summed E-state index contributed by atoms with van der Waals surface area (Å²) >= 11 is 9.65. The molecule has 6 heteroatoms. The van der Waals surface area contributed by atoms with Crippen LogP contribution in [0.15, 0.2) is 41.0 Å². The van der Waals surface area contributed by atoms with Crippen LogP contribution in [0.5, 0.6) is 5.88 Å². The van der Waals surface area contributed by atoms with E-state index in [1.54, 1.807) is 13.3 Å². The highest BCUT2D eigenvalue weighted by Gasteiger charge is 2.12. The molecule has 1 heterocycles. The van der Waals surface area contributed by atoms with Crippen LogP contribution in [0, 0.1) is 0 Å². The van der Waals surface area contributed by atoms with Crippen LogP contribution >= 0.6 is 27.5 Å². The van der Waals surface area contributed by atoms with Gasteiger partial charge in [0, 0.05) is 27.8 Å². The van der Waals surface area contributed by atoms with Gasteiger partial charge in [-0.2, -0.15) is 0 Å². The summed E-state index contributed by atoms with van der Waals surface area (Å²) in [5.41, 5.74) is 4.99. The summed E-state index contributed by atoms with van der Waals surface area (Å²) in [5, 5.41) is 0.734. The number of ether oxygens (including phenoxy) is 1. The van der Waals surface area contributed by atoms with Gasteiger partial charge in [0.2, 0.25) is 5.88 Å². The van der Waals surface area contributed by atoms with E-state index in [9.17, 15) is 0 Å². The third kappa shape index (κ3) is 4.68. The number of methoxy groups -OCH3 is 1. The molecule has 112 valence electrons. The van der Waals surface area contributed by atoms with Gasteiger partial charge in [0.15, 0.2) is 0 Å². The van der Waals surface area contributed by atoms with Crippen LogP contribution in [-0.4, -0.2) is 18.1 Å². The maximum absolute atomic E-state index is 6.25. The number of nitrogens with zero attached hydrogens (tertiary/aromatic N) is 1. The van der Waals surface area contributed by atoms with Gasteiger partial charge in [0.25, 0.3) is 0 Å². The first-order valence-electron chi connectivity index (χ1n) is 6.51. The topological polar surface area (TPSA) is 60.2 Å². The van der Waals surface area contributed by atoms with Crippen molar-refractivity contribution in [3.8, 4) is 5.88 Å². The summed E-state index contributed by atoms with van der Waals surface area (Å²) in [5.74, 6) is 6.26. The van der Waals surface area contributed by atoms with Crippen molar-refractivity contribution >= 4 is 27.5 Å². The fourth-order valence-corrected chi connectivity index (χ4v) is 2.83. The summed E-state index contributed by atoms with van der Waals surface area (Å²) in [6.07, 6.45) is 3.31. The van der Waals surface area contributed by atoms with E-state index in [0.29, 0.717) is 5.88 Å². The maximum Gasteiger partial charge on any atom is 0.212 e. The standard InChI is InChI=1S/C15H17BrClN3O/c1-21-15-5-2-10(9-19-15)6-13(20-18)7-11-3-4-12(16)8-14(11)17/h2-5,8-9,13,20H,6-7,18H2,1H3. The van der Waals surface area contributed by atoms with Crippen molar-refractivity contribution in [1.29, 1.82) is 0 Å². The zero-order valence-electron chi connectivity index (χ0n) is 11.6. The van der Waals surface area contributed by atoms with Crippen molar-refractivity contribution in [3.63, 3.8) is 0 Å². The number of hydrogen-bond donors (Lipinski definition) is 2. The van der Waals surface area contributed by atoms with Crippen molar-refractivity contribution in [2.24, 2.45) is 5.84 Å². The lowest BCUT2D eigenvalue weighted by Gasteiger charge is -2.17. The summed E-state index contributed by atoms with van der Waals surface area (Å²) in [6, 6.07) is 9.78. The highest BCUT2D eigenvalue weighted by molar-refractivity contribution is 9.10. The first-order chi connectivity index (χ1) is 10.1. The Hall–Kier alpha value is -1.14. The van der Waals surface area contributed by atoms with E-state index < -0.39 is 0 Å². The monoisotopic (exact) mass is 369 g/mol. The molecule has 0 aliphatic carbocycles. The molecule has 0 aliphatic rings. The number of aromatic nitrogens is 1. The zero-order valence-corrected chi connectivity index (χ0v) is 14.0. The van der Waals surface area contributed by atoms with Gasteiger partial charge in [-0.3, -0.25) is 11.3 Å². The summed E-state index contributed by atoms with van der Waals surface area (Å²) < 4.78 is 6.02. The Morgan fingerprint density at radius 2 is 2.14 bits per heavy atom. The molecule has 0 saturated heterocycles. The number of nitrogens with one attached hydrogen (secondary N) is 1. The molecule has 0 radical (unpaired) electrons. The molecule has 2 rings (SSSR count). The first-order valence-corrected chi connectivity index (χ1v) is 7.68. The molecule has 1 aromatic heterocycles. The van der Waals surface area contributed by atoms with Crippen LogP contribution in [0.1, 0.15) is 11.1 Å². The van der Waals surface area contributed by atoms with Gasteiger partial charge in [-0.25, -0.2) is 4.98 Å². The van der Waals surface area contributed by atoms with Gasteiger partial charge in [-0.05, 0) is 36.1 Å². The van der Waals surface area contributed by atoms with E-state index in [1.165, 1.54) is 0 Å². The minimum absolute atomic E-state index is 0.0823. The largest absolute Gasteiger partial charge is 0.481 e. The lowest BCUT2D eigenvalue weighted by Crippen LogP contribution is -2.38. The maximum atomic E-state index is 6.25. The van der Waals surface area contributed by atoms with Crippen molar-refractivity contribution < 1.29 is 4.74 Å². The number of halogens is 2. The molecule has 21 heavy (non-hydrogen) atoms. The average Bonchev–Trinajstić information content (AvgIpc) is 2.49. The molecule has 0 fully saturated rings. The van der Waals surface area contributed by atoms with Crippen LogP contribution < -0.4 is 16.0 Å². The lowest BCUT2D eigenvalue weighted by atomic mass is 10.0. The van der Waals surface area contributed by atoms with Crippen molar-refractivity contribution in [2.75, 3.05) is 7.11 Å². The van der Waals surface area contributed by atoms with E-state index in [-0.39, 0.29) is 6.04 Å². The number of hydrogen-bond acceptors (Lipinski definition) is 4. The summed E-state index contributed by atoms with van der Waals surface area (Å²) in [6.45, 7) is 0. The molecule has 0 amide bonds. The third-order valence-corrected chi connectivity index (χ3v) is 4.05. The van der Waals surface area contributed by atoms with E-state index in [2.05, 4.69) is 26.3 Å². The van der Waals surface area contributed by atoms with Crippen LogP contribution in [0.4, 0.5) is 0 Å². The SMILES string of the molecule is COc1ccc(CC(Cc2ccc(Br)cc2Cl)NN)cn1. The predicted molar refractivity (Wildman–Crippen MR) is 88.5 cm³/mol. The summed E-state index contributed by atoms with van der Waals surface area (Å²) in [4.78, 5) is 4.20. The van der Waals surface area contributed by atoms with E-state index in [1.807, 2.05) is 30.3 Å². The first kappa shape index (κ1) is 16.2. The molecule has 0 bridgehead atoms. The molecule has 4 nitrogen and oxygen atoms in total. The van der Waals surface area contributed by atoms with Gasteiger partial charge in [0.05, 0.1) is 7.11 Å². The van der Waals surface area contributed by atoms with E-state index >= 15 is 0 Å². The fourth-order valence-electron chi connectivity index (χ4n) is 2.08. The molecular formula is C15H17BrClN3O. The number of benzene rings is 1. The van der Waals surface area contributed by atoms with Crippen LogP contribution in [0.2, 0.25) is 5.02 Å². The highest BCUT2D eigenvalue weighted by atomic mass is 79.9. The molecule has 1 aromatic carbocycles. The van der Waals surface area contributed by atoms with Crippen LogP contribution in [-0.2, 0) is 12.8 Å². The minimum Gasteiger partial charge on any atom is -0.481 e. The van der Waals surface area contributed by atoms with Gasteiger partial charge < -0.3 is 4.74 Å². The Morgan fingerprint density at radius 3 is 2.71 bits per heavy atom. The van der Waals surface area contributed by atoms with Crippen LogP contribution in [0.3, 0.4) is 0 Å².